The molecule has 1 aromatic rings. The van der Waals surface area contributed by atoms with Crippen LogP contribution in [0.15, 0.2) is 18.2 Å². The van der Waals surface area contributed by atoms with Gasteiger partial charge in [-0.2, -0.15) is 5.26 Å². The van der Waals surface area contributed by atoms with E-state index in [1.54, 1.807) is 0 Å². The molecule has 2 aliphatic rings. The molecule has 0 amide bonds. The second-order valence-corrected chi connectivity index (χ2v) is 4.85. The molecule has 94 valence electrons. The van der Waals surface area contributed by atoms with Crippen molar-refractivity contribution in [2.45, 2.75) is 19.3 Å². The Balaban J connectivity index is 1.76. The average molecular weight is 244 g/mol. The standard InChI is InChI=1S/C14H16N2O2/c15-6-5-11-2-1-7-16(9-11)12-3-4-13-14(8-12)18-10-17-13/h3-4,8,11H,1-2,5,7,9-10H2. The molecule has 3 rings (SSSR count). The highest BCUT2D eigenvalue weighted by Crippen LogP contribution is 2.36. The number of fused-ring (bicyclic) bond motifs is 1. The number of anilines is 1. The van der Waals surface area contributed by atoms with E-state index in [2.05, 4.69) is 17.0 Å². The number of rotatable bonds is 2. The van der Waals surface area contributed by atoms with E-state index in [1.807, 2.05) is 12.1 Å². The van der Waals surface area contributed by atoms with Crippen molar-refractivity contribution in [2.75, 3.05) is 24.8 Å². The molecule has 0 radical (unpaired) electrons. The number of piperidine rings is 1. The second-order valence-electron chi connectivity index (χ2n) is 4.85. The van der Waals surface area contributed by atoms with Crippen LogP contribution in [0.5, 0.6) is 11.5 Å². The summed E-state index contributed by atoms with van der Waals surface area (Å²) in [5.74, 6) is 2.15. The summed E-state index contributed by atoms with van der Waals surface area (Å²) in [5, 5.41) is 8.80. The summed E-state index contributed by atoms with van der Waals surface area (Å²) in [6.45, 7) is 2.34. The van der Waals surface area contributed by atoms with Gasteiger partial charge < -0.3 is 14.4 Å². The number of nitriles is 1. The fourth-order valence-corrected chi connectivity index (χ4v) is 2.68. The summed E-state index contributed by atoms with van der Waals surface area (Å²) in [6, 6.07) is 8.35. The fourth-order valence-electron chi connectivity index (χ4n) is 2.68. The minimum atomic E-state index is 0.315. The van der Waals surface area contributed by atoms with Crippen LogP contribution in [0.4, 0.5) is 5.69 Å². The zero-order valence-electron chi connectivity index (χ0n) is 10.3. The van der Waals surface area contributed by atoms with Crippen LogP contribution in [0.1, 0.15) is 19.3 Å². The summed E-state index contributed by atoms with van der Waals surface area (Å²) < 4.78 is 10.7. The second kappa shape index (κ2) is 4.77. The van der Waals surface area contributed by atoms with E-state index in [1.165, 1.54) is 5.69 Å². The Bertz CT molecular complexity index is 481. The molecule has 0 saturated carbocycles. The SMILES string of the molecule is N#CCC1CCCN(c2ccc3c(c2)OCO3)C1. The molecular formula is C14H16N2O2. The van der Waals surface area contributed by atoms with Gasteiger partial charge in [0.15, 0.2) is 11.5 Å². The third-order valence-electron chi connectivity index (χ3n) is 3.62. The smallest absolute Gasteiger partial charge is 0.231 e. The van der Waals surface area contributed by atoms with Crippen LogP contribution in [0.2, 0.25) is 0 Å². The maximum atomic E-state index is 8.80. The van der Waals surface area contributed by atoms with Crippen molar-refractivity contribution in [3.63, 3.8) is 0 Å². The highest BCUT2D eigenvalue weighted by molar-refractivity contribution is 5.57. The van der Waals surface area contributed by atoms with Crippen LogP contribution >= 0.6 is 0 Å². The average Bonchev–Trinajstić information content (AvgIpc) is 2.86. The lowest BCUT2D eigenvalue weighted by Crippen LogP contribution is -2.35. The predicted octanol–water partition coefficient (Wildman–Crippen LogP) is 2.55. The van der Waals surface area contributed by atoms with Gasteiger partial charge in [0.2, 0.25) is 6.79 Å². The Kier molecular flexibility index (Phi) is 2.97. The lowest BCUT2D eigenvalue weighted by atomic mass is 9.95. The molecule has 0 aromatic heterocycles. The quantitative estimate of drug-likeness (QED) is 0.802. The van der Waals surface area contributed by atoms with E-state index in [0.717, 1.165) is 37.4 Å². The van der Waals surface area contributed by atoms with Gasteiger partial charge in [-0.25, -0.2) is 0 Å². The van der Waals surface area contributed by atoms with Crippen molar-refractivity contribution in [3.05, 3.63) is 18.2 Å². The van der Waals surface area contributed by atoms with Gasteiger partial charge in [-0.3, -0.25) is 0 Å². The topological polar surface area (TPSA) is 45.5 Å². The zero-order chi connectivity index (χ0) is 12.4. The molecule has 1 fully saturated rings. The van der Waals surface area contributed by atoms with Crippen LogP contribution in [0.3, 0.4) is 0 Å². The van der Waals surface area contributed by atoms with E-state index < -0.39 is 0 Å². The number of benzene rings is 1. The molecule has 0 bridgehead atoms. The third kappa shape index (κ3) is 2.08. The van der Waals surface area contributed by atoms with E-state index in [9.17, 15) is 0 Å². The molecule has 1 saturated heterocycles. The molecule has 0 N–H and O–H groups in total. The minimum Gasteiger partial charge on any atom is -0.454 e. The highest BCUT2D eigenvalue weighted by atomic mass is 16.7. The molecule has 2 heterocycles. The summed E-state index contributed by atoms with van der Waals surface area (Å²) in [7, 11) is 0. The molecule has 1 unspecified atom stereocenters. The Labute approximate surface area is 107 Å². The normalized spacial score (nSPS) is 21.7. The first-order valence-corrected chi connectivity index (χ1v) is 6.38. The van der Waals surface area contributed by atoms with Gasteiger partial charge in [-0.1, -0.05) is 0 Å². The van der Waals surface area contributed by atoms with Crippen molar-refractivity contribution >= 4 is 5.69 Å². The molecule has 18 heavy (non-hydrogen) atoms. The summed E-state index contributed by atoms with van der Waals surface area (Å²) in [5.41, 5.74) is 1.17. The lowest BCUT2D eigenvalue weighted by molar-refractivity contribution is 0.174. The van der Waals surface area contributed by atoms with Crippen LogP contribution in [-0.2, 0) is 0 Å². The van der Waals surface area contributed by atoms with Gasteiger partial charge in [0.05, 0.1) is 6.07 Å². The van der Waals surface area contributed by atoms with Crippen LogP contribution in [0.25, 0.3) is 0 Å². The molecular weight excluding hydrogens is 228 g/mol. The number of hydrogen-bond acceptors (Lipinski definition) is 4. The largest absolute Gasteiger partial charge is 0.454 e. The molecule has 2 aliphatic heterocycles. The van der Waals surface area contributed by atoms with Gasteiger partial charge in [0.1, 0.15) is 0 Å². The maximum Gasteiger partial charge on any atom is 0.231 e. The van der Waals surface area contributed by atoms with Gasteiger partial charge >= 0.3 is 0 Å². The van der Waals surface area contributed by atoms with Gasteiger partial charge in [0.25, 0.3) is 0 Å². The first-order valence-electron chi connectivity index (χ1n) is 6.38. The highest BCUT2D eigenvalue weighted by Gasteiger charge is 2.22. The molecule has 1 atom stereocenters. The molecule has 4 nitrogen and oxygen atoms in total. The zero-order valence-corrected chi connectivity index (χ0v) is 10.3. The predicted molar refractivity (Wildman–Crippen MR) is 67.7 cm³/mol. The Morgan fingerprint density at radius 2 is 2.22 bits per heavy atom. The van der Waals surface area contributed by atoms with Crippen LogP contribution in [0, 0.1) is 17.2 Å². The number of ether oxygens (including phenoxy) is 2. The minimum absolute atomic E-state index is 0.315. The molecule has 0 aliphatic carbocycles. The van der Waals surface area contributed by atoms with Crippen LogP contribution in [-0.4, -0.2) is 19.9 Å². The van der Waals surface area contributed by atoms with Crippen LogP contribution < -0.4 is 14.4 Å². The van der Waals surface area contributed by atoms with E-state index in [4.69, 9.17) is 14.7 Å². The van der Waals surface area contributed by atoms with Crippen molar-refractivity contribution < 1.29 is 9.47 Å². The van der Waals surface area contributed by atoms with E-state index in [0.29, 0.717) is 19.1 Å². The van der Waals surface area contributed by atoms with Crippen molar-refractivity contribution in [1.82, 2.24) is 0 Å². The van der Waals surface area contributed by atoms with E-state index in [-0.39, 0.29) is 0 Å². The molecule has 4 heteroatoms. The first-order chi connectivity index (χ1) is 8.86. The Morgan fingerprint density at radius 3 is 3.11 bits per heavy atom. The number of nitrogens with zero attached hydrogens (tertiary/aromatic N) is 2. The monoisotopic (exact) mass is 244 g/mol. The van der Waals surface area contributed by atoms with Gasteiger partial charge in [0, 0.05) is 31.3 Å². The molecule has 0 spiro atoms. The number of hydrogen-bond donors (Lipinski definition) is 0. The van der Waals surface area contributed by atoms with E-state index >= 15 is 0 Å². The van der Waals surface area contributed by atoms with Crippen molar-refractivity contribution in [1.29, 1.82) is 5.26 Å². The Morgan fingerprint density at radius 1 is 1.33 bits per heavy atom. The van der Waals surface area contributed by atoms with Gasteiger partial charge in [-0.15, -0.1) is 0 Å². The van der Waals surface area contributed by atoms with Crippen molar-refractivity contribution in [2.24, 2.45) is 5.92 Å². The fraction of sp³-hybridized carbons (Fsp3) is 0.500. The Hall–Kier alpha value is -1.89. The summed E-state index contributed by atoms with van der Waals surface area (Å²) in [6.07, 6.45) is 2.97. The van der Waals surface area contributed by atoms with Crippen molar-refractivity contribution in [3.8, 4) is 17.6 Å². The summed E-state index contributed by atoms with van der Waals surface area (Å²) in [4.78, 5) is 2.34. The van der Waals surface area contributed by atoms with Gasteiger partial charge in [-0.05, 0) is 30.9 Å². The third-order valence-corrected chi connectivity index (χ3v) is 3.62. The maximum absolute atomic E-state index is 8.80. The lowest BCUT2D eigenvalue weighted by Gasteiger charge is -2.33. The summed E-state index contributed by atoms with van der Waals surface area (Å²) >= 11 is 0. The first kappa shape index (κ1) is 11.2. The molecule has 1 aromatic carbocycles.